The second-order valence-electron chi connectivity index (χ2n) is 6.76. The summed E-state index contributed by atoms with van der Waals surface area (Å²) in [4.78, 5) is 22.5. The minimum absolute atomic E-state index is 0.144. The molecule has 1 aromatic carbocycles. The fourth-order valence-corrected chi connectivity index (χ4v) is 3.18. The number of morpholine rings is 1. The van der Waals surface area contributed by atoms with Crippen LogP contribution in [-0.2, 0) is 9.53 Å². The van der Waals surface area contributed by atoms with E-state index in [1.807, 2.05) is 6.07 Å². The monoisotopic (exact) mass is 429 g/mol. The maximum absolute atomic E-state index is 12.6. The maximum Gasteiger partial charge on any atom is 0.319 e. The third-order valence-electron chi connectivity index (χ3n) is 4.77. The van der Waals surface area contributed by atoms with Crippen LogP contribution in [0.3, 0.4) is 0 Å². The molecule has 0 bridgehead atoms. The Bertz CT molecular complexity index is 966. The summed E-state index contributed by atoms with van der Waals surface area (Å²) in [5.74, 6) is 2.19. The Morgan fingerprint density at radius 3 is 2.97 bits per heavy atom. The van der Waals surface area contributed by atoms with E-state index in [4.69, 9.17) is 28.4 Å². The molecule has 1 fully saturated rings. The first-order valence-electron chi connectivity index (χ1n) is 9.72. The van der Waals surface area contributed by atoms with Crippen LogP contribution in [0.25, 0.3) is 6.08 Å². The van der Waals surface area contributed by atoms with Gasteiger partial charge in [0.05, 0.1) is 32.9 Å². The van der Waals surface area contributed by atoms with E-state index in [-0.39, 0.29) is 24.8 Å². The SMILES string of the molecule is COc1ncc(/C=C/C(=O)N2CCOC(COc3ccc4c(c3)OCO4)C2)c(OC)n1. The van der Waals surface area contributed by atoms with Gasteiger partial charge in [0.15, 0.2) is 11.5 Å². The summed E-state index contributed by atoms with van der Waals surface area (Å²) in [7, 11) is 2.96. The van der Waals surface area contributed by atoms with Crippen molar-refractivity contribution in [3.8, 4) is 29.1 Å². The van der Waals surface area contributed by atoms with Crippen molar-refractivity contribution in [2.75, 3.05) is 47.3 Å². The Kier molecular flexibility index (Phi) is 6.37. The molecule has 1 amide bonds. The lowest BCUT2D eigenvalue weighted by Gasteiger charge is -2.32. The second-order valence-corrected chi connectivity index (χ2v) is 6.76. The standard InChI is InChI=1S/C21H23N3O7/c1-26-20-14(10-22-21(23-20)27-2)3-6-19(25)24-7-8-28-16(11-24)12-29-15-4-5-17-18(9-15)31-13-30-17/h3-6,9-10,16H,7-8,11-13H2,1-2H3/b6-3+. The van der Waals surface area contributed by atoms with Crippen molar-refractivity contribution in [3.63, 3.8) is 0 Å². The van der Waals surface area contributed by atoms with E-state index < -0.39 is 0 Å². The van der Waals surface area contributed by atoms with Gasteiger partial charge < -0.3 is 33.3 Å². The van der Waals surface area contributed by atoms with Crippen LogP contribution in [0, 0.1) is 0 Å². The van der Waals surface area contributed by atoms with Crippen molar-refractivity contribution in [2.24, 2.45) is 0 Å². The minimum atomic E-state index is -0.240. The zero-order valence-corrected chi connectivity index (χ0v) is 17.3. The van der Waals surface area contributed by atoms with Gasteiger partial charge in [-0.2, -0.15) is 4.98 Å². The molecule has 3 heterocycles. The van der Waals surface area contributed by atoms with Crippen LogP contribution in [0.1, 0.15) is 5.56 Å². The van der Waals surface area contributed by atoms with Gasteiger partial charge in [-0.05, 0) is 18.2 Å². The zero-order chi connectivity index (χ0) is 21.6. The number of rotatable bonds is 7. The Morgan fingerprint density at radius 2 is 2.13 bits per heavy atom. The molecule has 10 nitrogen and oxygen atoms in total. The second kappa shape index (κ2) is 9.52. The van der Waals surface area contributed by atoms with Gasteiger partial charge in [-0.1, -0.05) is 0 Å². The molecule has 1 atom stereocenters. The molecule has 4 rings (SSSR count). The fraction of sp³-hybridized carbons (Fsp3) is 0.381. The van der Waals surface area contributed by atoms with Crippen LogP contribution >= 0.6 is 0 Å². The maximum atomic E-state index is 12.6. The molecule has 0 aliphatic carbocycles. The van der Waals surface area contributed by atoms with Gasteiger partial charge in [-0.25, -0.2) is 4.98 Å². The van der Waals surface area contributed by atoms with Crippen molar-refractivity contribution in [3.05, 3.63) is 36.0 Å². The van der Waals surface area contributed by atoms with E-state index in [0.717, 1.165) is 0 Å². The molecule has 1 unspecified atom stereocenters. The molecule has 0 spiro atoms. The molecule has 1 saturated heterocycles. The van der Waals surface area contributed by atoms with Gasteiger partial charge in [0.1, 0.15) is 18.5 Å². The van der Waals surface area contributed by atoms with Crippen LogP contribution < -0.4 is 23.7 Å². The summed E-state index contributed by atoms with van der Waals surface area (Å²) in [5.41, 5.74) is 0.576. The van der Waals surface area contributed by atoms with E-state index in [9.17, 15) is 4.79 Å². The molecule has 31 heavy (non-hydrogen) atoms. The highest BCUT2D eigenvalue weighted by Gasteiger charge is 2.24. The first kappa shape index (κ1) is 20.7. The Balaban J connectivity index is 1.32. The first-order chi connectivity index (χ1) is 15.2. The number of hydrogen-bond donors (Lipinski definition) is 0. The minimum Gasteiger partial charge on any atom is -0.491 e. The number of fused-ring (bicyclic) bond motifs is 1. The molecular weight excluding hydrogens is 406 g/mol. The molecule has 164 valence electrons. The third-order valence-corrected chi connectivity index (χ3v) is 4.77. The highest BCUT2D eigenvalue weighted by Crippen LogP contribution is 2.35. The molecule has 0 saturated carbocycles. The van der Waals surface area contributed by atoms with Gasteiger partial charge in [0.2, 0.25) is 18.6 Å². The number of aromatic nitrogens is 2. The lowest BCUT2D eigenvalue weighted by molar-refractivity contribution is -0.134. The topological polar surface area (TPSA) is 101 Å². The number of nitrogens with zero attached hydrogens (tertiary/aromatic N) is 3. The first-order valence-corrected chi connectivity index (χ1v) is 9.72. The summed E-state index contributed by atoms with van der Waals surface area (Å²) >= 11 is 0. The summed E-state index contributed by atoms with van der Waals surface area (Å²) in [6, 6.07) is 5.59. The fourth-order valence-electron chi connectivity index (χ4n) is 3.18. The van der Waals surface area contributed by atoms with Crippen molar-refractivity contribution < 1.29 is 33.2 Å². The molecule has 1 aromatic heterocycles. The summed E-state index contributed by atoms with van der Waals surface area (Å²) in [5, 5.41) is 0. The largest absolute Gasteiger partial charge is 0.491 e. The van der Waals surface area contributed by atoms with Crippen molar-refractivity contribution in [1.29, 1.82) is 0 Å². The van der Waals surface area contributed by atoms with Crippen LogP contribution in [0.4, 0.5) is 0 Å². The summed E-state index contributed by atoms with van der Waals surface area (Å²) in [6.45, 7) is 1.88. The van der Waals surface area contributed by atoms with Gasteiger partial charge in [-0.15, -0.1) is 0 Å². The van der Waals surface area contributed by atoms with Gasteiger partial charge in [-0.3, -0.25) is 4.79 Å². The van der Waals surface area contributed by atoms with Gasteiger partial charge in [0.25, 0.3) is 0 Å². The van der Waals surface area contributed by atoms with Gasteiger partial charge in [0, 0.05) is 24.9 Å². The van der Waals surface area contributed by atoms with Crippen LogP contribution in [0.15, 0.2) is 30.5 Å². The molecular formula is C21H23N3O7. The highest BCUT2D eigenvalue weighted by molar-refractivity contribution is 5.92. The Hall–Kier alpha value is -3.53. The lowest BCUT2D eigenvalue weighted by atomic mass is 10.2. The number of hydrogen-bond acceptors (Lipinski definition) is 9. The van der Waals surface area contributed by atoms with Crippen LogP contribution in [0.2, 0.25) is 0 Å². The molecule has 2 aliphatic rings. The Morgan fingerprint density at radius 1 is 1.26 bits per heavy atom. The average Bonchev–Trinajstić information content (AvgIpc) is 3.29. The van der Waals surface area contributed by atoms with Crippen molar-refractivity contribution in [2.45, 2.75) is 6.10 Å². The summed E-state index contributed by atoms with van der Waals surface area (Å²) in [6.07, 6.45) is 4.38. The Labute approximate surface area is 179 Å². The number of methoxy groups -OCH3 is 2. The van der Waals surface area contributed by atoms with Crippen molar-refractivity contribution >= 4 is 12.0 Å². The van der Waals surface area contributed by atoms with Crippen molar-refractivity contribution in [1.82, 2.24) is 14.9 Å². The van der Waals surface area contributed by atoms with E-state index in [1.54, 1.807) is 23.1 Å². The van der Waals surface area contributed by atoms with Gasteiger partial charge >= 0.3 is 6.01 Å². The highest BCUT2D eigenvalue weighted by atomic mass is 16.7. The van der Waals surface area contributed by atoms with Crippen LogP contribution in [0.5, 0.6) is 29.1 Å². The quantitative estimate of drug-likeness (QED) is 0.607. The van der Waals surface area contributed by atoms with Crippen LogP contribution in [-0.4, -0.2) is 74.2 Å². The number of amides is 1. The zero-order valence-electron chi connectivity index (χ0n) is 17.3. The molecule has 2 aliphatic heterocycles. The smallest absolute Gasteiger partial charge is 0.319 e. The molecule has 10 heteroatoms. The number of benzene rings is 1. The molecule has 0 radical (unpaired) electrons. The number of carbonyl (C=O) groups excluding carboxylic acids is 1. The van der Waals surface area contributed by atoms with E-state index >= 15 is 0 Å². The average molecular weight is 429 g/mol. The predicted octanol–water partition coefficient (Wildman–Crippen LogP) is 1.54. The molecule has 2 aromatic rings. The number of carbonyl (C=O) groups is 1. The molecule has 0 N–H and O–H groups in total. The predicted molar refractivity (Wildman–Crippen MR) is 109 cm³/mol. The lowest BCUT2D eigenvalue weighted by Crippen LogP contribution is -2.47. The summed E-state index contributed by atoms with van der Waals surface area (Å²) < 4.78 is 32.4. The van der Waals surface area contributed by atoms with E-state index in [2.05, 4.69) is 9.97 Å². The normalized spacial score (nSPS) is 17.6. The third kappa shape index (κ3) is 4.97. The van der Waals surface area contributed by atoms with E-state index in [1.165, 1.54) is 26.5 Å². The van der Waals surface area contributed by atoms with E-state index in [0.29, 0.717) is 55.0 Å². The number of ether oxygens (including phenoxy) is 6.